The van der Waals surface area contributed by atoms with Gasteiger partial charge in [-0.15, -0.1) is 0 Å². The van der Waals surface area contributed by atoms with Gasteiger partial charge < -0.3 is 24.8 Å². The number of nitrogens with zero attached hydrogens (tertiary/aromatic N) is 1. The Morgan fingerprint density at radius 1 is 1.09 bits per heavy atom. The summed E-state index contributed by atoms with van der Waals surface area (Å²) >= 11 is 0. The molecule has 1 aliphatic heterocycles. The van der Waals surface area contributed by atoms with E-state index in [-0.39, 0.29) is 42.4 Å². The maximum atomic E-state index is 13.7. The zero-order chi connectivity index (χ0) is 24.7. The standard InChI is InChI=1S/C22H26FN3O7S/c1-31-18-9-8-16(12-19(18)32-2)34(29,30)26-10-5-11-33-20(26)14-25-22(28)21(27)24-13-15-6-3-4-7-17(15)23/h3-4,6-9,12,20H,5,10-11,13-14H2,1-2H3,(H,24,27)(H,25,28). The fraction of sp³-hybridized carbons (Fsp3) is 0.364. The van der Waals surface area contributed by atoms with Crippen LogP contribution in [0.25, 0.3) is 0 Å². The van der Waals surface area contributed by atoms with Crippen LogP contribution in [0, 0.1) is 5.82 Å². The van der Waals surface area contributed by atoms with E-state index in [1.165, 1.54) is 50.6 Å². The van der Waals surface area contributed by atoms with Gasteiger partial charge in [-0.25, -0.2) is 12.8 Å². The summed E-state index contributed by atoms with van der Waals surface area (Å²) < 4.78 is 57.2. The van der Waals surface area contributed by atoms with E-state index in [1.54, 1.807) is 6.07 Å². The van der Waals surface area contributed by atoms with Crippen molar-refractivity contribution in [3.63, 3.8) is 0 Å². The van der Waals surface area contributed by atoms with Crippen molar-refractivity contribution < 1.29 is 36.6 Å². The molecular weight excluding hydrogens is 469 g/mol. The molecule has 0 aromatic heterocycles. The lowest BCUT2D eigenvalue weighted by molar-refractivity contribution is -0.140. The minimum atomic E-state index is -4.01. The fourth-order valence-electron chi connectivity index (χ4n) is 3.37. The first kappa shape index (κ1) is 25.4. The lowest BCUT2D eigenvalue weighted by atomic mass is 10.2. The van der Waals surface area contributed by atoms with E-state index in [4.69, 9.17) is 14.2 Å². The van der Waals surface area contributed by atoms with Crippen molar-refractivity contribution in [2.45, 2.75) is 24.1 Å². The molecule has 3 rings (SSSR count). The van der Waals surface area contributed by atoms with E-state index < -0.39 is 33.9 Å². The molecule has 2 aromatic carbocycles. The van der Waals surface area contributed by atoms with Crippen molar-refractivity contribution in [3.05, 3.63) is 53.8 Å². The molecule has 10 nitrogen and oxygen atoms in total. The molecule has 2 aromatic rings. The Labute approximate surface area is 197 Å². The first-order chi connectivity index (χ1) is 16.3. The van der Waals surface area contributed by atoms with Crippen molar-refractivity contribution in [1.29, 1.82) is 0 Å². The van der Waals surface area contributed by atoms with Gasteiger partial charge in [0.2, 0.25) is 10.0 Å². The Balaban J connectivity index is 1.65. The summed E-state index contributed by atoms with van der Waals surface area (Å²) in [4.78, 5) is 24.3. The average Bonchev–Trinajstić information content (AvgIpc) is 2.86. The SMILES string of the molecule is COc1ccc(S(=O)(=O)N2CCCOC2CNC(=O)C(=O)NCc2ccccc2F)cc1OC. The number of rotatable bonds is 8. The van der Waals surface area contributed by atoms with Crippen molar-refractivity contribution >= 4 is 21.8 Å². The number of amides is 2. The van der Waals surface area contributed by atoms with Gasteiger partial charge in [0.25, 0.3) is 0 Å². The van der Waals surface area contributed by atoms with Crippen LogP contribution in [-0.2, 0) is 30.9 Å². The highest BCUT2D eigenvalue weighted by Gasteiger charge is 2.35. The van der Waals surface area contributed by atoms with Crippen LogP contribution in [0.4, 0.5) is 4.39 Å². The van der Waals surface area contributed by atoms with Crippen molar-refractivity contribution in [2.75, 3.05) is 33.9 Å². The van der Waals surface area contributed by atoms with Crippen molar-refractivity contribution in [3.8, 4) is 11.5 Å². The lowest BCUT2D eigenvalue weighted by Gasteiger charge is -2.34. The van der Waals surface area contributed by atoms with E-state index in [2.05, 4.69) is 10.6 Å². The molecule has 1 unspecified atom stereocenters. The fourth-order valence-corrected chi connectivity index (χ4v) is 4.95. The third kappa shape index (κ3) is 5.82. The molecule has 1 aliphatic rings. The highest BCUT2D eigenvalue weighted by molar-refractivity contribution is 7.89. The monoisotopic (exact) mass is 495 g/mol. The summed E-state index contributed by atoms with van der Waals surface area (Å²) in [5.74, 6) is -1.85. The number of ether oxygens (including phenoxy) is 3. The average molecular weight is 496 g/mol. The topological polar surface area (TPSA) is 123 Å². The summed E-state index contributed by atoms with van der Waals surface area (Å²) in [7, 11) is -1.17. The Morgan fingerprint density at radius 3 is 2.50 bits per heavy atom. The van der Waals surface area contributed by atoms with E-state index in [9.17, 15) is 22.4 Å². The highest BCUT2D eigenvalue weighted by atomic mass is 32.2. The van der Waals surface area contributed by atoms with E-state index in [0.29, 0.717) is 12.2 Å². The minimum absolute atomic E-state index is 0.0328. The summed E-state index contributed by atoms with van der Waals surface area (Å²) in [6, 6.07) is 10.1. The predicted molar refractivity (Wildman–Crippen MR) is 119 cm³/mol. The maximum Gasteiger partial charge on any atom is 0.309 e. The van der Waals surface area contributed by atoms with Crippen LogP contribution in [0.2, 0.25) is 0 Å². The van der Waals surface area contributed by atoms with Gasteiger partial charge in [0.15, 0.2) is 11.5 Å². The highest BCUT2D eigenvalue weighted by Crippen LogP contribution is 2.31. The molecule has 34 heavy (non-hydrogen) atoms. The maximum absolute atomic E-state index is 13.7. The van der Waals surface area contributed by atoms with Gasteiger partial charge >= 0.3 is 11.8 Å². The van der Waals surface area contributed by atoms with Gasteiger partial charge in [0.1, 0.15) is 12.0 Å². The number of benzene rings is 2. The van der Waals surface area contributed by atoms with Crippen LogP contribution in [-0.4, -0.2) is 64.7 Å². The predicted octanol–water partition coefficient (Wildman–Crippen LogP) is 1.01. The lowest BCUT2D eigenvalue weighted by Crippen LogP contribution is -2.53. The van der Waals surface area contributed by atoms with E-state index in [1.807, 2.05) is 0 Å². The number of sulfonamides is 1. The largest absolute Gasteiger partial charge is 0.493 e. The molecule has 184 valence electrons. The second kappa shape index (κ2) is 11.3. The molecule has 2 amide bonds. The normalized spacial score (nSPS) is 16.5. The number of nitrogens with one attached hydrogen (secondary N) is 2. The van der Waals surface area contributed by atoms with Gasteiger partial charge in [0.05, 0.1) is 32.3 Å². The van der Waals surface area contributed by atoms with Crippen LogP contribution in [0.3, 0.4) is 0 Å². The first-order valence-electron chi connectivity index (χ1n) is 10.4. The van der Waals surface area contributed by atoms with E-state index in [0.717, 1.165) is 4.31 Å². The van der Waals surface area contributed by atoms with Crippen LogP contribution < -0.4 is 20.1 Å². The van der Waals surface area contributed by atoms with Crippen molar-refractivity contribution in [1.82, 2.24) is 14.9 Å². The van der Waals surface area contributed by atoms with Crippen LogP contribution in [0.1, 0.15) is 12.0 Å². The Bertz CT molecular complexity index is 1140. The molecule has 0 radical (unpaired) electrons. The number of hydrogen-bond donors (Lipinski definition) is 2. The molecule has 1 saturated heterocycles. The number of methoxy groups -OCH3 is 2. The molecule has 1 fully saturated rings. The summed E-state index contributed by atoms with van der Waals surface area (Å²) in [6.07, 6.45) is -0.560. The number of hydrogen-bond acceptors (Lipinski definition) is 7. The third-order valence-electron chi connectivity index (χ3n) is 5.16. The van der Waals surface area contributed by atoms with Crippen LogP contribution >= 0.6 is 0 Å². The zero-order valence-corrected chi connectivity index (χ0v) is 19.6. The summed E-state index contributed by atoms with van der Waals surface area (Å²) in [5.41, 5.74) is 0.228. The van der Waals surface area contributed by atoms with Crippen LogP contribution in [0.15, 0.2) is 47.4 Å². The van der Waals surface area contributed by atoms with Gasteiger partial charge in [-0.1, -0.05) is 18.2 Å². The molecule has 12 heteroatoms. The Hall–Kier alpha value is -3.22. The van der Waals surface area contributed by atoms with Gasteiger partial charge in [-0.05, 0) is 24.6 Å². The molecule has 1 atom stereocenters. The number of carbonyl (C=O) groups excluding carboxylic acids is 2. The second-order valence-electron chi connectivity index (χ2n) is 7.30. The Morgan fingerprint density at radius 2 is 1.79 bits per heavy atom. The summed E-state index contributed by atoms with van der Waals surface area (Å²) in [6.45, 7) is 0.0335. The van der Waals surface area contributed by atoms with Gasteiger partial charge in [-0.3, -0.25) is 9.59 Å². The number of halogens is 1. The minimum Gasteiger partial charge on any atom is -0.493 e. The molecule has 0 spiro atoms. The quantitative estimate of drug-likeness (QED) is 0.524. The Kier molecular flexibility index (Phi) is 8.42. The first-order valence-corrected chi connectivity index (χ1v) is 11.9. The van der Waals surface area contributed by atoms with Crippen LogP contribution in [0.5, 0.6) is 11.5 Å². The van der Waals surface area contributed by atoms with Crippen molar-refractivity contribution in [2.24, 2.45) is 0 Å². The molecule has 1 heterocycles. The summed E-state index contributed by atoms with van der Waals surface area (Å²) in [5, 5.41) is 4.71. The number of carbonyl (C=O) groups is 2. The smallest absolute Gasteiger partial charge is 0.309 e. The molecular formula is C22H26FN3O7S. The van der Waals surface area contributed by atoms with E-state index >= 15 is 0 Å². The zero-order valence-electron chi connectivity index (χ0n) is 18.7. The van der Waals surface area contributed by atoms with Gasteiger partial charge in [-0.2, -0.15) is 4.31 Å². The molecule has 0 bridgehead atoms. The molecule has 0 saturated carbocycles. The van der Waals surface area contributed by atoms with Gasteiger partial charge in [0, 0.05) is 24.7 Å². The second-order valence-corrected chi connectivity index (χ2v) is 9.19. The third-order valence-corrected chi connectivity index (χ3v) is 7.04. The molecule has 2 N–H and O–H groups in total. The molecule has 0 aliphatic carbocycles.